The first kappa shape index (κ1) is 15.9. The summed E-state index contributed by atoms with van der Waals surface area (Å²) in [6.45, 7) is 2.80. The van der Waals surface area contributed by atoms with Crippen LogP contribution in [0.1, 0.15) is 24.8 Å². The molecule has 0 saturated carbocycles. The molecule has 0 atom stereocenters. The second kappa shape index (κ2) is 7.52. The summed E-state index contributed by atoms with van der Waals surface area (Å²) in [4.78, 5) is 12.0. The number of halogens is 1. The van der Waals surface area contributed by atoms with Gasteiger partial charge in [0.05, 0.1) is 0 Å². The molecule has 116 valence electrons. The number of nitrogens with one attached hydrogen (secondary N) is 2. The Balaban J connectivity index is 0.00000161. The first-order chi connectivity index (χ1) is 9.83. The molecule has 0 aromatic heterocycles. The van der Waals surface area contributed by atoms with E-state index < -0.39 is 0 Å². The van der Waals surface area contributed by atoms with Gasteiger partial charge in [-0.15, -0.1) is 12.4 Å². The van der Waals surface area contributed by atoms with Crippen molar-refractivity contribution in [3.8, 4) is 11.5 Å². The van der Waals surface area contributed by atoms with Crippen LogP contribution in [0.5, 0.6) is 11.5 Å². The number of hydrogen-bond acceptors (Lipinski definition) is 4. The maximum atomic E-state index is 12.0. The zero-order chi connectivity index (χ0) is 13.8. The number of carbonyl (C=O) groups is 1. The van der Waals surface area contributed by atoms with E-state index in [1.807, 2.05) is 18.2 Å². The molecule has 2 heterocycles. The summed E-state index contributed by atoms with van der Waals surface area (Å²) in [5.41, 5.74) is 0.971. The van der Waals surface area contributed by atoms with Crippen LogP contribution in [0, 0.1) is 5.92 Å². The maximum absolute atomic E-state index is 12.0. The van der Waals surface area contributed by atoms with Crippen LogP contribution in [0.25, 0.3) is 0 Å². The summed E-state index contributed by atoms with van der Waals surface area (Å²) >= 11 is 0. The van der Waals surface area contributed by atoms with Crippen LogP contribution >= 0.6 is 12.4 Å². The molecule has 5 nitrogen and oxygen atoms in total. The largest absolute Gasteiger partial charge is 0.454 e. The molecule has 0 bridgehead atoms. The Kier molecular flexibility index (Phi) is 5.70. The van der Waals surface area contributed by atoms with Gasteiger partial charge in [-0.1, -0.05) is 12.1 Å². The van der Waals surface area contributed by atoms with Crippen molar-refractivity contribution in [2.75, 3.05) is 19.9 Å². The molecule has 1 amide bonds. The van der Waals surface area contributed by atoms with E-state index in [-0.39, 0.29) is 25.1 Å². The van der Waals surface area contributed by atoms with Gasteiger partial charge < -0.3 is 20.1 Å². The Labute approximate surface area is 130 Å². The van der Waals surface area contributed by atoms with Crippen molar-refractivity contribution in [1.82, 2.24) is 10.6 Å². The number of piperidine rings is 1. The average Bonchev–Trinajstić information content (AvgIpc) is 2.95. The van der Waals surface area contributed by atoms with Crippen LogP contribution in [0.2, 0.25) is 0 Å². The lowest BCUT2D eigenvalue weighted by molar-refractivity contribution is -0.122. The third-order valence-corrected chi connectivity index (χ3v) is 3.89. The summed E-state index contributed by atoms with van der Waals surface area (Å²) < 4.78 is 10.8. The highest BCUT2D eigenvalue weighted by Gasteiger charge is 2.19. The van der Waals surface area contributed by atoms with Crippen LogP contribution in [-0.4, -0.2) is 25.8 Å². The molecular weight excluding hydrogens is 292 g/mol. The summed E-state index contributed by atoms with van der Waals surface area (Å²) in [5, 5.41) is 6.29. The molecule has 2 N–H and O–H groups in total. The summed E-state index contributed by atoms with van der Waals surface area (Å²) in [7, 11) is 0. The van der Waals surface area contributed by atoms with Gasteiger partial charge in [0.1, 0.15) is 0 Å². The van der Waals surface area contributed by atoms with Crippen molar-refractivity contribution in [3.63, 3.8) is 0 Å². The SMILES string of the molecule is Cl.O=C(CC1CCNCC1)NCc1cccc2c1OCO2. The topological polar surface area (TPSA) is 59.6 Å². The summed E-state index contributed by atoms with van der Waals surface area (Å²) in [6.07, 6.45) is 2.80. The molecule has 1 aromatic carbocycles. The van der Waals surface area contributed by atoms with Crippen molar-refractivity contribution < 1.29 is 14.3 Å². The number of rotatable bonds is 4. The number of benzene rings is 1. The Morgan fingerprint density at radius 3 is 2.90 bits per heavy atom. The molecule has 1 saturated heterocycles. The molecule has 2 aliphatic rings. The number of ether oxygens (including phenoxy) is 2. The first-order valence-corrected chi connectivity index (χ1v) is 7.18. The van der Waals surface area contributed by atoms with E-state index in [0.717, 1.165) is 43.0 Å². The van der Waals surface area contributed by atoms with E-state index in [1.165, 1.54) is 0 Å². The number of fused-ring (bicyclic) bond motifs is 1. The second-order valence-corrected chi connectivity index (χ2v) is 5.33. The fraction of sp³-hybridized carbons (Fsp3) is 0.533. The van der Waals surface area contributed by atoms with E-state index in [2.05, 4.69) is 10.6 Å². The quantitative estimate of drug-likeness (QED) is 0.891. The number of para-hydroxylation sites is 1. The molecule has 0 radical (unpaired) electrons. The van der Waals surface area contributed by atoms with E-state index in [4.69, 9.17) is 9.47 Å². The fourth-order valence-electron chi connectivity index (χ4n) is 2.74. The van der Waals surface area contributed by atoms with Gasteiger partial charge >= 0.3 is 0 Å². The number of carbonyl (C=O) groups excluding carboxylic acids is 1. The Morgan fingerprint density at radius 1 is 1.29 bits per heavy atom. The van der Waals surface area contributed by atoms with Gasteiger partial charge in [-0.05, 0) is 37.9 Å². The Bertz CT molecular complexity index is 490. The predicted octanol–water partition coefficient (Wildman–Crippen LogP) is 1.84. The smallest absolute Gasteiger partial charge is 0.231 e. The zero-order valence-electron chi connectivity index (χ0n) is 11.9. The van der Waals surface area contributed by atoms with Gasteiger partial charge in [0.2, 0.25) is 12.7 Å². The normalized spacial score (nSPS) is 17.1. The number of amides is 1. The van der Waals surface area contributed by atoms with Crippen LogP contribution in [0.3, 0.4) is 0 Å². The molecule has 1 fully saturated rings. The monoisotopic (exact) mass is 312 g/mol. The molecule has 2 aliphatic heterocycles. The van der Waals surface area contributed by atoms with Gasteiger partial charge in [-0.2, -0.15) is 0 Å². The zero-order valence-corrected chi connectivity index (χ0v) is 12.7. The van der Waals surface area contributed by atoms with Crippen molar-refractivity contribution in [3.05, 3.63) is 23.8 Å². The standard InChI is InChI=1S/C15H20N2O3.ClH/c18-14(8-11-4-6-16-7-5-11)17-9-12-2-1-3-13-15(12)20-10-19-13;/h1-3,11,16H,4-10H2,(H,17,18);1H. The van der Waals surface area contributed by atoms with Crippen LogP contribution in [0.15, 0.2) is 18.2 Å². The molecule has 3 rings (SSSR count). The maximum Gasteiger partial charge on any atom is 0.231 e. The minimum absolute atomic E-state index is 0. The van der Waals surface area contributed by atoms with Gasteiger partial charge in [-0.3, -0.25) is 4.79 Å². The van der Waals surface area contributed by atoms with Gasteiger partial charge in [0, 0.05) is 18.5 Å². The summed E-state index contributed by atoms with van der Waals surface area (Å²) in [5.74, 6) is 2.15. The Morgan fingerprint density at radius 2 is 2.10 bits per heavy atom. The van der Waals surface area contributed by atoms with Crippen molar-refractivity contribution in [1.29, 1.82) is 0 Å². The van der Waals surface area contributed by atoms with E-state index in [9.17, 15) is 4.79 Å². The summed E-state index contributed by atoms with van der Waals surface area (Å²) in [6, 6.07) is 5.75. The van der Waals surface area contributed by atoms with Crippen molar-refractivity contribution >= 4 is 18.3 Å². The Hall–Kier alpha value is -1.46. The number of hydrogen-bond donors (Lipinski definition) is 2. The third-order valence-electron chi connectivity index (χ3n) is 3.89. The third kappa shape index (κ3) is 4.02. The van der Waals surface area contributed by atoms with Crippen LogP contribution in [-0.2, 0) is 11.3 Å². The molecule has 0 aliphatic carbocycles. The fourth-order valence-corrected chi connectivity index (χ4v) is 2.74. The average molecular weight is 313 g/mol. The predicted molar refractivity (Wildman–Crippen MR) is 81.9 cm³/mol. The van der Waals surface area contributed by atoms with Gasteiger partial charge in [-0.25, -0.2) is 0 Å². The lowest BCUT2D eigenvalue weighted by atomic mass is 9.94. The van der Waals surface area contributed by atoms with Crippen molar-refractivity contribution in [2.45, 2.75) is 25.8 Å². The molecule has 6 heteroatoms. The van der Waals surface area contributed by atoms with E-state index in [1.54, 1.807) is 0 Å². The lowest BCUT2D eigenvalue weighted by Crippen LogP contribution is -2.32. The minimum atomic E-state index is 0. The lowest BCUT2D eigenvalue weighted by Gasteiger charge is -2.21. The van der Waals surface area contributed by atoms with Gasteiger partial charge in [0.25, 0.3) is 0 Å². The van der Waals surface area contributed by atoms with Crippen LogP contribution < -0.4 is 20.1 Å². The highest BCUT2D eigenvalue weighted by Crippen LogP contribution is 2.35. The van der Waals surface area contributed by atoms with E-state index in [0.29, 0.717) is 18.9 Å². The molecule has 1 aromatic rings. The highest BCUT2D eigenvalue weighted by atomic mass is 35.5. The molecular formula is C15H21ClN2O3. The van der Waals surface area contributed by atoms with E-state index >= 15 is 0 Å². The molecule has 0 spiro atoms. The van der Waals surface area contributed by atoms with Crippen LogP contribution in [0.4, 0.5) is 0 Å². The second-order valence-electron chi connectivity index (χ2n) is 5.33. The highest BCUT2D eigenvalue weighted by molar-refractivity contribution is 5.85. The molecule has 0 unspecified atom stereocenters. The van der Waals surface area contributed by atoms with Crippen molar-refractivity contribution in [2.24, 2.45) is 5.92 Å². The minimum Gasteiger partial charge on any atom is -0.454 e. The van der Waals surface area contributed by atoms with Gasteiger partial charge in [0.15, 0.2) is 11.5 Å². The first-order valence-electron chi connectivity index (χ1n) is 7.18. The molecule has 21 heavy (non-hydrogen) atoms.